The Labute approximate surface area is 123 Å². The topological polar surface area (TPSA) is 68.1 Å². The Bertz CT molecular complexity index is 574. The monoisotopic (exact) mass is 292 g/mol. The van der Waals surface area contributed by atoms with Gasteiger partial charge in [-0.3, -0.25) is 4.79 Å². The number of aromatic nitrogens is 1. The zero-order valence-electron chi connectivity index (χ0n) is 12.0. The summed E-state index contributed by atoms with van der Waals surface area (Å²) in [6.07, 6.45) is 0.555. The van der Waals surface area contributed by atoms with Gasteiger partial charge < -0.3 is 15.5 Å². The van der Waals surface area contributed by atoms with E-state index < -0.39 is 5.54 Å². The molecule has 4 nitrogen and oxygen atoms in total. The SMILES string of the molecule is COC(=O)C(C)(N)CC(C)Sc1cc2ccccc2[nH]1. The summed E-state index contributed by atoms with van der Waals surface area (Å²) in [4.78, 5) is 15.0. The summed E-state index contributed by atoms with van der Waals surface area (Å²) in [5.41, 5.74) is 6.17. The highest BCUT2D eigenvalue weighted by Crippen LogP contribution is 2.30. The van der Waals surface area contributed by atoms with Gasteiger partial charge in [-0.1, -0.05) is 25.1 Å². The summed E-state index contributed by atoms with van der Waals surface area (Å²) in [5.74, 6) is -0.374. The largest absolute Gasteiger partial charge is 0.468 e. The Morgan fingerprint density at radius 3 is 2.85 bits per heavy atom. The minimum Gasteiger partial charge on any atom is -0.468 e. The minimum atomic E-state index is -0.951. The first kappa shape index (κ1) is 14.9. The first-order valence-electron chi connectivity index (χ1n) is 6.54. The molecule has 0 aliphatic carbocycles. The number of para-hydroxylation sites is 1. The smallest absolute Gasteiger partial charge is 0.325 e. The molecule has 0 radical (unpaired) electrons. The number of thioether (sulfide) groups is 1. The number of carbonyl (C=O) groups is 1. The molecule has 0 saturated heterocycles. The molecule has 0 aliphatic heterocycles. The van der Waals surface area contributed by atoms with Gasteiger partial charge in [-0.25, -0.2) is 0 Å². The molecule has 0 aliphatic rings. The maximum Gasteiger partial charge on any atom is 0.325 e. The zero-order chi connectivity index (χ0) is 14.8. The van der Waals surface area contributed by atoms with Gasteiger partial charge >= 0.3 is 5.97 Å². The van der Waals surface area contributed by atoms with E-state index in [1.54, 1.807) is 18.7 Å². The van der Waals surface area contributed by atoms with Crippen LogP contribution in [0.2, 0.25) is 0 Å². The molecule has 2 unspecified atom stereocenters. The van der Waals surface area contributed by atoms with Crippen LogP contribution < -0.4 is 5.73 Å². The van der Waals surface area contributed by atoms with Crippen LogP contribution in [0.15, 0.2) is 35.4 Å². The van der Waals surface area contributed by atoms with Gasteiger partial charge in [0.05, 0.1) is 12.1 Å². The second kappa shape index (κ2) is 5.89. The van der Waals surface area contributed by atoms with Crippen molar-refractivity contribution in [2.24, 2.45) is 5.73 Å². The Kier molecular flexibility index (Phi) is 4.40. The molecular weight excluding hydrogens is 272 g/mol. The zero-order valence-corrected chi connectivity index (χ0v) is 12.8. The van der Waals surface area contributed by atoms with Crippen molar-refractivity contribution >= 4 is 28.6 Å². The van der Waals surface area contributed by atoms with Crippen molar-refractivity contribution in [2.45, 2.75) is 36.1 Å². The summed E-state index contributed by atoms with van der Waals surface area (Å²) >= 11 is 1.68. The summed E-state index contributed by atoms with van der Waals surface area (Å²) in [6, 6.07) is 10.3. The third kappa shape index (κ3) is 3.35. The third-order valence-electron chi connectivity index (χ3n) is 3.20. The van der Waals surface area contributed by atoms with Crippen molar-refractivity contribution in [1.82, 2.24) is 4.98 Å². The lowest BCUT2D eigenvalue weighted by Crippen LogP contribution is -2.47. The number of methoxy groups -OCH3 is 1. The number of rotatable bonds is 5. The fourth-order valence-electron chi connectivity index (χ4n) is 2.28. The fourth-order valence-corrected chi connectivity index (χ4v) is 3.51. The Balaban J connectivity index is 2.04. The molecule has 0 bridgehead atoms. The second-order valence-electron chi connectivity index (χ2n) is 5.26. The van der Waals surface area contributed by atoms with Crippen LogP contribution in [-0.2, 0) is 9.53 Å². The van der Waals surface area contributed by atoms with Crippen LogP contribution in [0.5, 0.6) is 0 Å². The van der Waals surface area contributed by atoms with Crippen molar-refractivity contribution in [3.63, 3.8) is 0 Å². The summed E-state index contributed by atoms with van der Waals surface area (Å²) in [6.45, 7) is 3.77. The van der Waals surface area contributed by atoms with Crippen LogP contribution in [0.4, 0.5) is 0 Å². The average Bonchev–Trinajstić information content (AvgIpc) is 2.78. The number of fused-ring (bicyclic) bond motifs is 1. The van der Waals surface area contributed by atoms with E-state index in [-0.39, 0.29) is 11.2 Å². The minimum absolute atomic E-state index is 0.206. The van der Waals surface area contributed by atoms with Crippen LogP contribution in [0, 0.1) is 0 Å². The summed E-state index contributed by atoms with van der Waals surface area (Å²) < 4.78 is 4.73. The van der Waals surface area contributed by atoms with Crippen LogP contribution in [0.25, 0.3) is 10.9 Å². The van der Waals surface area contributed by atoms with Crippen LogP contribution in [0.1, 0.15) is 20.3 Å². The number of hydrogen-bond donors (Lipinski definition) is 2. The molecule has 0 fully saturated rings. The van der Waals surface area contributed by atoms with Crippen LogP contribution in [-0.4, -0.2) is 28.9 Å². The highest BCUT2D eigenvalue weighted by Gasteiger charge is 2.31. The van der Waals surface area contributed by atoms with Crippen molar-refractivity contribution in [3.8, 4) is 0 Å². The molecule has 0 spiro atoms. The maximum atomic E-state index is 11.6. The van der Waals surface area contributed by atoms with Crippen LogP contribution >= 0.6 is 11.8 Å². The highest BCUT2D eigenvalue weighted by molar-refractivity contribution is 7.99. The molecule has 0 amide bonds. The molecule has 1 aromatic carbocycles. The Morgan fingerprint density at radius 2 is 2.20 bits per heavy atom. The van der Waals surface area contributed by atoms with Gasteiger partial charge in [0.15, 0.2) is 0 Å². The molecule has 2 atom stereocenters. The Morgan fingerprint density at radius 1 is 1.50 bits per heavy atom. The second-order valence-corrected chi connectivity index (χ2v) is 6.74. The third-order valence-corrected chi connectivity index (χ3v) is 4.24. The van der Waals surface area contributed by atoms with E-state index in [4.69, 9.17) is 10.5 Å². The molecule has 5 heteroatoms. The Hall–Kier alpha value is -1.46. The maximum absolute atomic E-state index is 11.6. The van der Waals surface area contributed by atoms with Crippen molar-refractivity contribution in [1.29, 1.82) is 0 Å². The number of ether oxygens (including phenoxy) is 1. The van der Waals surface area contributed by atoms with Gasteiger partial charge in [0.2, 0.25) is 0 Å². The number of carbonyl (C=O) groups excluding carboxylic acids is 1. The summed E-state index contributed by atoms with van der Waals surface area (Å²) in [5, 5.41) is 2.47. The normalized spacial score (nSPS) is 15.8. The number of H-pyrrole nitrogens is 1. The number of nitrogens with two attached hydrogens (primary N) is 1. The first-order chi connectivity index (χ1) is 9.42. The number of nitrogens with one attached hydrogen (secondary N) is 1. The number of hydrogen-bond acceptors (Lipinski definition) is 4. The molecular formula is C15H20N2O2S. The fraction of sp³-hybridized carbons (Fsp3) is 0.400. The van der Waals surface area contributed by atoms with E-state index in [1.165, 1.54) is 12.5 Å². The molecule has 1 heterocycles. The lowest BCUT2D eigenvalue weighted by Gasteiger charge is -2.24. The lowest BCUT2D eigenvalue weighted by molar-refractivity contribution is -0.146. The van der Waals surface area contributed by atoms with Gasteiger partial charge in [-0.2, -0.15) is 0 Å². The first-order valence-corrected chi connectivity index (χ1v) is 7.42. The quantitative estimate of drug-likeness (QED) is 0.657. The van der Waals surface area contributed by atoms with Gasteiger partial charge in [-0.05, 0) is 25.5 Å². The number of aromatic amines is 1. The van der Waals surface area contributed by atoms with E-state index in [1.807, 2.05) is 18.2 Å². The average molecular weight is 292 g/mol. The number of benzene rings is 1. The van der Waals surface area contributed by atoms with Crippen molar-refractivity contribution < 1.29 is 9.53 Å². The van der Waals surface area contributed by atoms with Gasteiger partial charge in [0.1, 0.15) is 5.54 Å². The molecule has 2 rings (SSSR count). The van der Waals surface area contributed by atoms with Gasteiger partial charge in [0, 0.05) is 16.2 Å². The van der Waals surface area contributed by atoms with E-state index in [9.17, 15) is 4.79 Å². The van der Waals surface area contributed by atoms with E-state index in [0.717, 1.165) is 10.5 Å². The van der Waals surface area contributed by atoms with Crippen molar-refractivity contribution in [3.05, 3.63) is 30.3 Å². The molecule has 108 valence electrons. The predicted molar refractivity (Wildman–Crippen MR) is 82.8 cm³/mol. The lowest BCUT2D eigenvalue weighted by atomic mass is 9.98. The molecule has 3 N–H and O–H groups in total. The van der Waals surface area contributed by atoms with E-state index in [0.29, 0.717) is 6.42 Å². The van der Waals surface area contributed by atoms with E-state index >= 15 is 0 Å². The van der Waals surface area contributed by atoms with Crippen LogP contribution in [0.3, 0.4) is 0 Å². The predicted octanol–water partition coefficient (Wildman–Crippen LogP) is 2.93. The molecule has 0 saturated carbocycles. The summed E-state index contributed by atoms with van der Waals surface area (Å²) in [7, 11) is 1.36. The molecule has 1 aromatic heterocycles. The van der Waals surface area contributed by atoms with Crippen molar-refractivity contribution in [2.75, 3.05) is 7.11 Å². The molecule has 2 aromatic rings. The highest BCUT2D eigenvalue weighted by atomic mass is 32.2. The standard InChI is InChI=1S/C15H20N2O2S/c1-10(9-15(2,16)14(18)19-3)20-13-8-11-6-4-5-7-12(11)17-13/h4-8,10,17H,9,16H2,1-3H3. The molecule has 20 heavy (non-hydrogen) atoms. The van der Waals surface area contributed by atoms with Gasteiger partial charge in [-0.15, -0.1) is 11.8 Å². The number of esters is 1. The van der Waals surface area contributed by atoms with E-state index in [2.05, 4.69) is 24.0 Å². The van der Waals surface area contributed by atoms with Gasteiger partial charge in [0.25, 0.3) is 0 Å².